The van der Waals surface area contributed by atoms with E-state index in [1.54, 1.807) is 6.92 Å². The Kier molecular flexibility index (Phi) is 5.30. The average molecular weight is 293 g/mol. The molecule has 1 rings (SSSR count). The molecule has 110 valence electrons. The summed E-state index contributed by atoms with van der Waals surface area (Å²) in [5.74, 6) is -2.67. The number of hydrogen-bond donors (Lipinski definition) is 2. The molecule has 1 aliphatic carbocycles. The van der Waals surface area contributed by atoms with Crippen LogP contribution in [0.3, 0.4) is 0 Å². The van der Waals surface area contributed by atoms with E-state index in [0.29, 0.717) is 12.8 Å². The van der Waals surface area contributed by atoms with Crippen LogP contribution in [0.5, 0.6) is 0 Å². The average Bonchev–Trinajstić information content (AvgIpc) is 2.62. The second-order valence-corrected chi connectivity index (χ2v) is 6.45. The molecule has 0 aromatic carbocycles. The summed E-state index contributed by atoms with van der Waals surface area (Å²) in [6.45, 7) is 1.69. The van der Waals surface area contributed by atoms with Crippen LogP contribution in [0.4, 0.5) is 0 Å². The molecule has 1 saturated carbocycles. The first kappa shape index (κ1) is 15.9. The maximum Gasteiger partial charge on any atom is 0.322 e. The predicted molar refractivity (Wildman–Crippen MR) is 67.0 cm³/mol. The molecule has 0 aromatic heterocycles. The number of sulfonamides is 1. The minimum absolute atomic E-state index is 0.106. The molecule has 0 spiro atoms. The molecule has 19 heavy (non-hydrogen) atoms. The molecule has 0 amide bonds. The quantitative estimate of drug-likeness (QED) is 0.651. The molecule has 0 saturated heterocycles. The van der Waals surface area contributed by atoms with Crippen molar-refractivity contribution >= 4 is 22.0 Å². The van der Waals surface area contributed by atoms with Crippen LogP contribution in [0, 0.1) is 0 Å². The van der Waals surface area contributed by atoms with Gasteiger partial charge in [-0.2, -0.15) is 0 Å². The van der Waals surface area contributed by atoms with E-state index in [-0.39, 0.29) is 13.0 Å². The number of carbonyl (C=O) groups is 2. The highest BCUT2D eigenvalue weighted by Crippen LogP contribution is 2.33. The van der Waals surface area contributed by atoms with Gasteiger partial charge >= 0.3 is 11.9 Å². The minimum atomic E-state index is -3.88. The van der Waals surface area contributed by atoms with Gasteiger partial charge in [0, 0.05) is 5.54 Å². The van der Waals surface area contributed by atoms with Gasteiger partial charge in [0.05, 0.1) is 13.0 Å². The SMILES string of the molecule is CCOC(=O)CS(=O)(=O)NC1(CC(=O)O)CCCC1. The van der Waals surface area contributed by atoms with Crippen molar-refractivity contribution in [3.8, 4) is 0 Å². The zero-order valence-corrected chi connectivity index (χ0v) is 11.7. The lowest BCUT2D eigenvalue weighted by Gasteiger charge is -2.27. The van der Waals surface area contributed by atoms with Gasteiger partial charge in [0.1, 0.15) is 0 Å². The van der Waals surface area contributed by atoms with Crippen molar-refractivity contribution in [2.45, 2.75) is 44.6 Å². The van der Waals surface area contributed by atoms with E-state index >= 15 is 0 Å². The predicted octanol–water partition coefficient (Wildman–Crippen LogP) is 0.256. The Morgan fingerprint density at radius 3 is 2.37 bits per heavy atom. The molecule has 7 nitrogen and oxygen atoms in total. The van der Waals surface area contributed by atoms with Crippen molar-refractivity contribution in [1.82, 2.24) is 4.72 Å². The lowest BCUT2D eigenvalue weighted by Crippen LogP contribution is -2.49. The zero-order valence-electron chi connectivity index (χ0n) is 10.8. The first-order chi connectivity index (χ1) is 8.79. The fraction of sp³-hybridized carbons (Fsp3) is 0.818. The molecule has 8 heteroatoms. The molecule has 0 bridgehead atoms. The molecule has 0 aromatic rings. The topological polar surface area (TPSA) is 110 Å². The third-order valence-corrected chi connectivity index (χ3v) is 4.40. The molecule has 0 radical (unpaired) electrons. The Hall–Kier alpha value is -1.15. The first-order valence-electron chi connectivity index (χ1n) is 6.18. The van der Waals surface area contributed by atoms with Gasteiger partial charge in [0.15, 0.2) is 5.75 Å². The molecular weight excluding hydrogens is 274 g/mol. The van der Waals surface area contributed by atoms with Crippen molar-refractivity contribution in [3.63, 3.8) is 0 Å². The van der Waals surface area contributed by atoms with E-state index in [1.165, 1.54) is 0 Å². The van der Waals surface area contributed by atoms with Crippen LogP contribution in [0.1, 0.15) is 39.0 Å². The first-order valence-corrected chi connectivity index (χ1v) is 7.83. The van der Waals surface area contributed by atoms with Crippen molar-refractivity contribution in [3.05, 3.63) is 0 Å². The van der Waals surface area contributed by atoms with Crippen molar-refractivity contribution in [1.29, 1.82) is 0 Å². The number of nitrogens with one attached hydrogen (secondary N) is 1. The summed E-state index contributed by atoms with van der Waals surface area (Å²) >= 11 is 0. The van der Waals surface area contributed by atoms with Gasteiger partial charge in [-0.1, -0.05) is 12.8 Å². The summed E-state index contributed by atoms with van der Waals surface area (Å²) < 4.78 is 30.7. The number of carbonyl (C=O) groups excluding carboxylic acids is 1. The van der Waals surface area contributed by atoms with E-state index in [9.17, 15) is 18.0 Å². The van der Waals surface area contributed by atoms with Gasteiger partial charge < -0.3 is 9.84 Å². The molecule has 0 unspecified atom stereocenters. The van der Waals surface area contributed by atoms with E-state index < -0.39 is 33.3 Å². The van der Waals surface area contributed by atoms with Gasteiger partial charge in [-0.15, -0.1) is 0 Å². The number of esters is 1. The Morgan fingerprint density at radius 1 is 1.32 bits per heavy atom. The van der Waals surface area contributed by atoms with E-state index in [2.05, 4.69) is 9.46 Å². The number of ether oxygens (including phenoxy) is 1. The number of rotatable bonds is 7. The fourth-order valence-electron chi connectivity index (χ4n) is 2.38. The Labute approximate surface area is 112 Å². The summed E-state index contributed by atoms with van der Waals surface area (Å²) in [6.07, 6.45) is 2.22. The second kappa shape index (κ2) is 6.33. The van der Waals surface area contributed by atoms with E-state index in [4.69, 9.17) is 5.11 Å². The van der Waals surface area contributed by atoms with E-state index in [1.807, 2.05) is 0 Å². The Balaban J connectivity index is 2.73. The summed E-state index contributed by atoms with van der Waals surface area (Å²) in [5, 5.41) is 8.88. The molecule has 2 N–H and O–H groups in total. The maximum absolute atomic E-state index is 11.9. The summed E-state index contributed by atoms with van der Waals surface area (Å²) in [5.41, 5.74) is -0.961. The van der Waals surface area contributed by atoms with Crippen LogP contribution in [-0.4, -0.2) is 43.4 Å². The number of carboxylic acid groups (broad SMARTS) is 1. The van der Waals surface area contributed by atoms with Crippen molar-refractivity contribution < 1.29 is 27.9 Å². The van der Waals surface area contributed by atoms with Crippen LogP contribution < -0.4 is 4.72 Å². The van der Waals surface area contributed by atoms with Crippen LogP contribution in [0.15, 0.2) is 0 Å². The normalized spacial score (nSPS) is 18.2. The lowest BCUT2D eigenvalue weighted by atomic mass is 9.95. The van der Waals surface area contributed by atoms with Gasteiger partial charge in [-0.05, 0) is 19.8 Å². The largest absolute Gasteiger partial charge is 0.481 e. The Bertz CT molecular complexity index is 438. The van der Waals surface area contributed by atoms with Crippen LogP contribution >= 0.6 is 0 Å². The fourth-order valence-corrected chi connectivity index (χ4v) is 3.78. The van der Waals surface area contributed by atoms with Gasteiger partial charge in [-0.3, -0.25) is 9.59 Å². The van der Waals surface area contributed by atoms with Crippen LogP contribution in [-0.2, 0) is 24.3 Å². The molecule has 0 atom stereocenters. The van der Waals surface area contributed by atoms with Gasteiger partial charge in [-0.25, -0.2) is 13.1 Å². The third kappa shape index (κ3) is 5.15. The van der Waals surface area contributed by atoms with Gasteiger partial charge in [0.2, 0.25) is 10.0 Å². The number of carboxylic acids is 1. The highest BCUT2D eigenvalue weighted by atomic mass is 32.2. The summed E-state index contributed by atoms with van der Waals surface area (Å²) in [6, 6.07) is 0. The monoisotopic (exact) mass is 293 g/mol. The van der Waals surface area contributed by atoms with Crippen LogP contribution in [0.2, 0.25) is 0 Å². The van der Waals surface area contributed by atoms with Crippen molar-refractivity contribution in [2.24, 2.45) is 0 Å². The van der Waals surface area contributed by atoms with Gasteiger partial charge in [0.25, 0.3) is 0 Å². The minimum Gasteiger partial charge on any atom is -0.481 e. The molecule has 0 aliphatic heterocycles. The lowest BCUT2D eigenvalue weighted by molar-refractivity contribution is -0.140. The molecule has 1 fully saturated rings. The second-order valence-electron chi connectivity index (χ2n) is 4.72. The van der Waals surface area contributed by atoms with Crippen LogP contribution in [0.25, 0.3) is 0 Å². The smallest absolute Gasteiger partial charge is 0.322 e. The number of hydrogen-bond acceptors (Lipinski definition) is 5. The summed E-state index contributed by atoms with van der Waals surface area (Å²) in [4.78, 5) is 22.0. The highest BCUT2D eigenvalue weighted by Gasteiger charge is 2.40. The maximum atomic E-state index is 11.9. The highest BCUT2D eigenvalue weighted by molar-refractivity contribution is 7.90. The van der Waals surface area contributed by atoms with Crippen molar-refractivity contribution in [2.75, 3.05) is 12.4 Å². The molecule has 1 aliphatic rings. The molecule has 0 heterocycles. The summed E-state index contributed by atoms with van der Waals surface area (Å²) in [7, 11) is -3.88. The number of aliphatic carboxylic acids is 1. The molecular formula is C11H19NO6S. The Morgan fingerprint density at radius 2 is 1.89 bits per heavy atom. The zero-order chi connectivity index (χ0) is 14.5. The standard InChI is InChI=1S/C11H19NO6S/c1-2-18-10(15)8-19(16,17)12-11(7-9(13)14)5-3-4-6-11/h12H,2-8H2,1H3,(H,13,14). The van der Waals surface area contributed by atoms with E-state index in [0.717, 1.165) is 12.8 Å². The third-order valence-electron chi connectivity index (χ3n) is 3.04.